The second kappa shape index (κ2) is 9.87. The molecule has 0 atom stereocenters. The molecule has 7 nitrogen and oxygen atoms in total. The van der Waals surface area contributed by atoms with Crippen molar-refractivity contribution in [2.45, 2.75) is 0 Å². The largest absolute Gasteiger partial charge is 0.504 e. The van der Waals surface area contributed by atoms with E-state index in [2.05, 4.69) is 27.7 Å². The summed E-state index contributed by atoms with van der Waals surface area (Å²) in [6.45, 7) is 0. The van der Waals surface area contributed by atoms with Crippen LogP contribution in [0, 0.1) is 0 Å². The van der Waals surface area contributed by atoms with Gasteiger partial charge in [-0.25, -0.2) is 9.56 Å². The Bertz CT molecular complexity index is 1720. The quantitative estimate of drug-likeness (QED) is 0.239. The number of ether oxygens (including phenoxy) is 2. The molecule has 0 amide bonds. The first kappa shape index (κ1) is 25.4. The maximum Gasteiger partial charge on any atom is 0.208 e. The Morgan fingerprint density at radius 2 is 1.45 bits per heavy atom. The molecule has 2 aliphatic rings. The second-order valence-corrected chi connectivity index (χ2v) is 10.5. The van der Waals surface area contributed by atoms with Gasteiger partial charge in [-0.1, -0.05) is 12.1 Å². The molecule has 0 spiro atoms. The van der Waals surface area contributed by atoms with E-state index >= 15 is 0 Å². The molecule has 194 valence electrons. The SMILES string of the molecule is COc1cc(-c2cc3nc4ccc(=[N+](C)C)c(-c5ccc(O)c(OC)c5)c-4sc3cc2N(C)C)ccc1O. The molecule has 0 fully saturated rings. The van der Waals surface area contributed by atoms with Crippen LogP contribution in [0.4, 0.5) is 5.69 Å². The van der Waals surface area contributed by atoms with Crippen LogP contribution in [0.25, 0.3) is 43.0 Å². The minimum atomic E-state index is 0.101. The molecule has 2 N–H and O–H groups in total. The summed E-state index contributed by atoms with van der Waals surface area (Å²) in [5.41, 5.74) is 6.67. The highest BCUT2D eigenvalue weighted by atomic mass is 32.1. The molecule has 3 aromatic rings. The molecule has 0 radical (unpaired) electrons. The molecule has 1 aliphatic heterocycles. The lowest BCUT2D eigenvalue weighted by Crippen LogP contribution is -2.24. The van der Waals surface area contributed by atoms with Crippen LogP contribution in [0.1, 0.15) is 0 Å². The van der Waals surface area contributed by atoms with Gasteiger partial charge in [-0.3, -0.25) is 0 Å². The fraction of sp³-hybridized carbons (Fsp3) is 0.200. The maximum atomic E-state index is 10.2. The van der Waals surface area contributed by atoms with Crippen molar-refractivity contribution in [2.75, 3.05) is 47.3 Å². The molecule has 3 aromatic carbocycles. The summed E-state index contributed by atoms with van der Waals surface area (Å²) >= 11 is 1.68. The van der Waals surface area contributed by atoms with E-state index in [4.69, 9.17) is 14.5 Å². The Labute approximate surface area is 225 Å². The second-order valence-electron chi connectivity index (χ2n) is 9.42. The third-order valence-corrected chi connectivity index (χ3v) is 7.73. The molecule has 0 unspecified atom stereocenters. The van der Waals surface area contributed by atoms with Gasteiger partial charge >= 0.3 is 0 Å². The van der Waals surface area contributed by atoms with Gasteiger partial charge in [0.15, 0.2) is 23.0 Å². The first-order valence-corrected chi connectivity index (χ1v) is 12.9. The van der Waals surface area contributed by atoms with E-state index in [1.54, 1.807) is 37.7 Å². The summed E-state index contributed by atoms with van der Waals surface area (Å²) in [6.07, 6.45) is 0. The number of hydrogen-bond acceptors (Lipinski definition) is 7. The van der Waals surface area contributed by atoms with E-state index in [0.29, 0.717) is 11.5 Å². The first-order chi connectivity index (χ1) is 18.2. The first-order valence-electron chi connectivity index (χ1n) is 12.1. The molecule has 0 saturated carbocycles. The predicted molar refractivity (Wildman–Crippen MR) is 155 cm³/mol. The number of anilines is 1. The molecular formula is C30H30N3O4S+. The lowest BCUT2D eigenvalue weighted by Gasteiger charge is -2.20. The molecule has 5 rings (SSSR count). The lowest BCUT2D eigenvalue weighted by molar-refractivity contribution is 0.373. The minimum absolute atomic E-state index is 0.101. The van der Waals surface area contributed by atoms with Crippen LogP contribution < -0.4 is 24.3 Å². The van der Waals surface area contributed by atoms with Gasteiger partial charge in [0.1, 0.15) is 14.1 Å². The summed E-state index contributed by atoms with van der Waals surface area (Å²) in [4.78, 5) is 8.20. The monoisotopic (exact) mass is 528 g/mol. The zero-order valence-electron chi connectivity index (χ0n) is 22.2. The van der Waals surface area contributed by atoms with Crippen LogP contribution in [0.2, 0.25) is 0 Å². The van der Waals surface area contributed by atoms with Crippen molar-refractivity contribution in [3.05, 3.63) is 66.0 Å². The molecule has 0 aromatic heterocycles. The highest BCUT2D eigenvalue weighted by Gasteiger charge is 2.21. The van der Waals surface area contributed by atoms with Gasteiger partial charge in [-0.15, -0.1) is 11.3 Å². The number of hydrogen-bond donors (Lipinski definition) is 2. The number of benzene rings is 4. The van der Waals surface area contributed by atoms with Crippen molar-refractivity contribution in [1.82, 2.24) is 9.56 Å². The van der Waals surface area contributed by atoms with Crippen LogP contribution in [-0.2, 0) is 0 Å². The number of nitrogens with zero attached hydrogens (tertiary/aromatic N) is 3. The standard InChI is InChI=1S/C30H29N3O4S/c1-32(2)22-10-9-20-30(29(22)18-8-12-25(35)27(14-18)37-6)38-28-16-23(33(3)4)19(15-21(28)31-20)17-7-11-24(34)26(13-17)36-5/h7-16H,1-6H3,(H-,31,34,35)/p+1. The van der Waals surface area contributed by atoms with Crippen LogP contribution >= 0.6 is 11.3 Å². The van der Waals surface area contributed by atoms with Crippen LogP contribution in [0.3, 0.4) is 0 Å². The number of rotatable bonds is 5. The molecule has 38 heavy (non-hydrogen) atoms. The topological polar surface area (TPSA) is 78.1 Å². The van der Waals surface area contributed by atoms with Gasteiger partial charge in [-0.2, -0.15) is 0 Å². The Balaban J connectivity index is 1.82. The number of methoxy groups -OCH3 is 2. The zero-order valence-corrected chi connectivity index (χ0v) is 23.1. The number of aromatic hydroxyl groups is 2. The van der Waals surface area contributed by atoms with E-state index in [-0.39, 0.29) is 11.5 Å². The van der Waals surface area contributed by atoms with Crippen molar-refractivity contribution in [3.63, 3.8) is 0 Å². The van der Waals surface area contributed by atoms with E-state index in [0.717, 1.165) is 54.1 Å². The van der Waals surface area contributed by atoms with Crippen molar-refractivity contribution >= 4 is 27.2 Å². The van der Waals surface area contributed by atoms with E-state index < -0.39 is 0 Å². The smallest absolute Gasteiger partial charge is 0.208 e. The molecular weight excluding hydrogens is 498 g/mol. The van der Waals surface area contributed by atoms with Gasteiger partial charge in [0, 0.05) is 31.4 Å². The highest BCUT2D eigenvalue weighted by Crippen LogP contribution is 2.43. The van der Waals surface area contributed by atoms with Gasteiger partial charge in [0.2, 0.25) is 5.36 Å². The van der Waals surface area contributed by atoms with Gasteiger partial charge in [0.25, 0.3) is 0 Å². The summed E-state index contributed by atoms with van der Waals surface area (Å²) < 4.78 is 13.9. The maximum absolute atomic E-state index is 10.2. The fourth-order valence-corrected chi connectivity index (χ4v) is 5.79. The van der Waals surface area contributed by atoms with Crippen molar-refractivity contribution < 1.29 is 19.7 Å². The zero-order chi connectivity index (χ0) is 27.1. The van der Waals surface area contributed by atoms with Crippen molar-refractivity contribution in [2.24, 2.45) is 0 Å². The molecule has 1 heterocycles. The summed E-state index contributed by atoms with van der Waals surface area (Å²) in [7, 11) is 11.2. The molecule has 1 aliphatic carbocycles. The predicted octanol–water partition coefficient (Wildman–Crippen LogP) is 5.26. The van der Waals surface area contributed by atoms with Gasteiger partial charge in [0.05, 0.1) is 40.6 Å². The van der Waals surface area contributed by atoms with E-state index in [1.165, 1.54) is 0 Å². The van der Waals surface area contributed by atoms with E-state index in [1.807, 2.05) is 58.5 Å². The lowest BCUT2D eigenvalue weighted by atomic mass is 10.00. The Morgan fingerprint density at radius 1 is 0.816 bits per heavy atom. The van der Waals surface area contributed by atoms with Gasteiger partial charge in [-0.05, 0) is 53.6 Å². The average molecular weight is 529 g/mol. The Hall–Kier alpha value is -4.30. The third-order valence-electron chi connectivity index (χ3n) is 6.57. The van der Waals surface area contributed by atoms with Crippen molar-refractivity contribution in [1.29, 1.82) is 0 Å². The molecule has 0 saturated heterocycles. The van der Waals surface area contributed by atoms with E-state index in [9.17, 15) is 10.2 Å². The van der Waals surface area contributed by atoms with Crippen LogP contribution in [0.5, 0.6) is 23.0 Å². The Kier molecular flexibility index (Phi) is 6.59. The highest BCUT2D eigenvalue weighted by molar-refractivity contribution is 7.22. The van der Waals surface area contributed by atoms with Crippen LogP contribution in [0.15, 0.2) is 60.7 Å². The van der Waals surface area contributed by atoms with Gasteiger partial charge < -0.3 is 24.6 Å². The average Bonchev–Trinajstić information content (AvgIpc) is 2.91. The summed E-state index contributed by atoms with van der Waals surface area (Å²) in [5.74, 6) is 1.05. The fourth-order valence-electron chi connectivity index (χ4n) is 4.65. The third kappa shape index (κ3) is 4.37. The molecule has 8 heteroatoms. The number of phenols is 2. The molecule has 0 bridgehead atoms. The summed E-state index contributed by atoms with van der Waals surface area (Å²) in [5, 5.41) is 21.3. The van der Waals surface area contributed by atoms with Crippen LogP contribution in [-0.4, -0.2) is 57.6 Å². The Morgan fingerprint density at radius 3 is 2.05 bits per heavy atom. The summed E-state index contributed by atoms with van der Waals surface area (Å²) in [6, 6.07) is 19.2. The number of phenolic OH excluding ortho intramolecular Hbond substituents is 2. The normalized spacial score (nSPS) is 11.1. The van der Waals surface area contributed by atoms with Crippen molar-refractivity contribution in [3.8, 4) is 55.8 Å². The number of fused-ring (bicyclic) bond motifs is 2. The minimum Gasteiger partial charge on any atom is -0.504 e. The number of aromatic nitrogens is 1.